The second-order valence-corrected chi connectivity index (χ2v) is 2.07. The Balaban J connectivity index is 0. The molecule has 0 amide bonds. The van der Waals surface area contributed by atoms with Gasteiger partial charge in [-0.2, -0.15) is 0 Å². The molecule has 0 spiro atoms. The van der Waals surface area contributed by atoms with Crippen LogP contribution in [0.15, 0.2) is 37.4 Å². The van der Waals surface area contributed by atoms with E-state index in [9.17, 15) is 0 Å². The van der Waals surface area contributed by atoms with E-state index < -0.39 is 0 Å². The first kappa shape index (κ1) is 11.3. The van der Waals surface area contributed by atoms with Gasteiger partial charge >= 0.3 is 51.4 Å². The topological polar surface area (TPSA) is 0 Å². The summed E-state index contributed by atoms with van der Waals surface area (Å²) in [7, 11) is 0. The molecule has 0 aliphatic heterocycles. The number of hydrogen-bond acceptors (Lipinski definition) is 0. The number of hydrogen-bond donors (Lipinski definition) is 0. The van der Waals surface area contributed by atoms with Crippen molar-refractivity contribution >= 4 is 12.2 Å². The van der Waals surface area contributed by atoms with Crippen molar-refractivity contribution in [2.75, 3.05) is 0 Å². The molecule has 0 heterocycles. The summed E-state index contributed by atoms with van der Waals surface area (Å²) in [6, 6.07) is 8.07. The average molecular weight is 170 g/mol. The van der Waals surface area contributed by atoms with Gasteiger partial charge in [-0.15, -0.1) is 0 Å². The van der Waals surface area contributed by atoms with E-state index in [4.69, 9.17) is 0 Å². The van der Waals surface area contributed by atoms with Gasteiger partial charge in [0, 0.05) is 0 Å². The summed E-state index contributed by atoms with van der Waals surface area (Å²) >= 11 is 0. The normalized spacial score (nSPS) is 8.00. The molecule has 0 nitrogen and oxygen atoms in total. The van der Waals surface area contributed by atoms with E-state index >= 15 is 0 Å². The van der Waals surface area contributed by atoms with Gasteiger partial charge < -0.3 is 1.43 Å². The quantitative estimate of drug-likeness (QED) is 0.552. The predicted octanol–water partition coefficient (Wildman–Crippen LogP) is 0.0891. The molecule has 1 aromatic carbocycles. The molecule has 0 aliphatic carbocycles. The maximum Gasteiger partial charge on any atom is 1.00 e. The first-order chi connectivity index (χ1) is 4.86. The van der Waals surface area contributed by atoms with Gasteiger partial charge in [0.2, 0.25) is 0 Å². The van der Waals surface area contributed by atoms with Crippen LogP contribution in [0.1, 0.15) is 12.6 Å². The standard InChI is InChI=1S/C10H10.K.H/c1-3-9-5-7-10(4-2)8-6-9;;/h3-8H,1-2H2;;/q;+1;-1. The smallest absolute Gasteiger partial charge is 1.00 e. The Morgan fingerprint density at radius 3 is 1.36 bits per heavy atom. The van der Waals surface area contributed by atoms with Crippen molar-refractivity contribution in [3.05, 3.63) is 48.6 Å². The largest absolute Gasteiger partial charge is 1.00 e. The molecule has 0 aromatic heterocycles. The SMILES string of the molecule is C=Cc1ccc(C=C)cc1.[H-].[K+]. The van der Waals surface area contributed by atoms with Crippen molar-refractivity contribution in [3.8, 4) is 0 Å². The number of rotatable bonds is 2. The van der Waals surface area contributed by atoms with Crippen molar-refractivity contribution in [3.63, 3.8) is 0 Å². The summed E-state index contributed by atoms with van der Waals surface area (Å²) in [5.74, 6) is 0. The zero-order chi connectivity index (χ0) is 7.40. The summed E-state index contributed by atoms with van der Waals surface area (Å²) in [5, 5.41) is 0. The van der Waals surface area contributed by atoms with Crippen LogP contribution < -0.4 is 51.4 Å². The molecule has 0 N–H and O–H groups in total. The summed E-state index contributed by atoms with van der Waals surface area (Å²) < 4.78 is 0. The molecule has 0 unspecified atom stereocenters. The maximum atomic E-state index is 3.66. The van der Waals surface area contributed by atoms with E-state index in [1.165, 1.54) is 0 Å². The molecule has 0 bridgehead atoms. The zero-order valence-electron chi connectivity index (χ0n) is 7.88. The first-order valence-corrected chi connectivity index (χ1v) is 3.22. The Hall–Kier alpha value is 0.336. The van der Waals surface area contributed by atoms with Gasteiger partial charge in [0.25, 0.3) is 0 Å². The van der Waals surface area contributed by atoms with E-state index in [1.807, 2.05) is 36.4 Å². The molecule has 1 rings (SSSR count). The molecule has 0 saturated heterocycles. The van der Waals surface area contributed by atoms with Crippen molar-refractivity contribution in [1.29, 1.82) is 0 Å². The fraction of sp³-hybridized carbons (Fsp3) is 0. The second kappa shape index (κ2) is 5.92. The Morgan fingerprint density at radius 2 is 1.18 bits per heavy atom. The third-order valence-electron chi connectivity index (χ3n) is 1.41. The van der Waals surface area contributed by atoms with Crippen LogP contribution in [0, 0.1) is 0 Å². The fourth-order valence-corrected chi connectivity index (χ4v) is 0.768. The zero-order valence-corrected chi connectivity index (χ0v) is 10.0. The Labute approximate surface area is 112 Å². The van der Waals surface area contributed by atoms with Crippen LogP contribution in [0.5, 0.6) is 0 Å². The van der Waals surface area contributed by atoms with E-state index in [0.29, 0.717) is 0 Å². The van der Waals surface area contributed by atoms with Crippen molar-refractivity contribution in [2.24, 2.45) is 0 Å². The molecule has 0 aliphatic rings. The van der Waals surface area contributed by atoms with Gasteiger partial charge in [0.05, 0.1) is 0 Å². The summed E-state index contributed by atoms with van der Waals surface area (Å²) in [4.78, 5) is 0. The van der Waals surface area contributed by atoms with Gasteiger partial charge in [-0.25, -0.2) is 0 Å². The molecular formula is C10H11K. The van der Waals surface area contributed by atoms with E-state index in [-0.39, 0.29) is 52.8 Å². The fourth-order valence-electron chi connectivity index (χ4n) is 0.768. The monoisotopic (exact) mass is 170 g/mol. The van der Waals surface area contributed by atoms with Crippen molar-refractivity contribution < 1.29 is 52.8 Å². The molecule has 0 radical (unpaired) electrons. The maximum absolute atomic E-state index is 3.66. The number of benzene rings is 1. The van der Waals surface area contributed by atoms with Gasteiger partial charge in [-0.05, 0) is 11.1 Å². The van der Waals surface area contributed by atoms with Crippen LogP contribution in [0.4, 0.5) is 0 Å². The molecule has 11 heavy (non-hydrogen) atoms. The van der Waals surface area contributed by atoms with Crippen LogP contribution in [0.25, 0.3) is 12.2 Å². The Bertz CT molecular complexity index is 212. The molecule has 1 aromatic rings. The molecule has 52 valence electrons. The first-order valence-electron chi connectivity index (χ1n) is 3.22. The average Bonchev–Trinajstić information content (AvgIpc) is 2.05. The molecule has 0 atom stereocenters. The Morgan fingerprint density at radius 1 is 0.909 bits per heavy atom. The summed E-state index contributed by atoms with van der Waals surface area (Å²) in [5.41, 5.74) is 2.29. The minimum absolute atomic E-state index is 0. The van der Waals surface area contributed by atoms with Crippen LogP contribution in [0.3, 0.4) is 0 Å². The van der Waals surface area contributed by atoms with Crippen LogP contribution in [-0.2, 0) is 0 Å². The third-order valence-corrected chi connectivity index (χ3v) is 1.41. The third kappa shape index (κ3) is 3.49. The molecule has 0 saturated carbocycles. The van der Waals surface area contributed by atoms with Crippen molar-refractivity contribution in [2.45, 2.75) is 0 Å². The van der Waals surface area contributed by atoms with Crippen LogP contribution in [0.2, 0.25) is 0 Å². The summed E-state index contributed by atoms with van der Waals surface area (Å²) in [6.07, 6.45) is 3.65. The predicted molar refractivity (Wildman–Crippen MR) is 47.7 cm³/mol. The summed E-state index contributed by atoms with van der Waals surface area (Å²) in [6.45, 7) is 7.32. The van der Waals surface area contributed by atoms with Gasteiger partial charge in [0.1, 0.15) is 0 Å². The molecular weight excluding hydrogens is 159 g/mol. The Kier molecular flexibility index (Phi) is 6.10. The van der Waals surface area contributed by atoms with Gasteiger partial charge in [-0.3, -0.25) is 0 Å². The van der Waals surface area contributed by atoms with Crippen LogP contribution >= 0.6 is 0 Å². The van der Waals surface area contributed by atoms with Gasteiger partial charge in [0.15, 0.2) is 0 Å². The molecule has 0 fully saturated rings. The van der Waals surface area contributed by atoms with Crippen LogP contribution in [-0.4, -0.2) is 0 Å². The second-order valence-electron chi connectivity index (χ2n) is 2.07. The van der Waals surface area contributed by atoms with E-state index in [2.05, 4.69) is 13.2 Å². The minimum atomic E-state index is 0. The van der Waals surface area contributed by atoms with E-state index in [0.717, 1.165) is 11.1 Å². The van der Waals surface area contributed by atoms with Gasteiger partial charge in [-0.1, -0.05) is 49.6 Å². The van der Waals surface area contributed by atoms with Crippen molar-refractivity contribution in [1.82, 2.24) is 0 Å². The minimum Gasteiger partial charge on any atom is -1.00 e. The molecule has 1 heteroatoms. The van der Waals surface area contributed by atoms with E-state index in [1.54, 1.807) is 0 Å².